The molecule has 1 aromatic carbocycles. The van der Waals surface area contributed by atoms with Crippen molar-refractivity contribution >= 4 is 11.6 Å². The van der Waals surface area contributed by atoms with Gasteiger partial charge in [-0.05, 0) is 62.9 Å². The van der Waals surface area contributed by atoms with Crippen molar-refractivity contribution in [3.8, 4) is 5.75 Å². The number of phenolic OH excluding ortho intramolecular Hbond substituents is 1. The first-order valence-electron chi connectivity index (χ1n) is 5.85. The maximum Gasteiger partial charge on any atom is 0.120 e. The van der Waals surface area contributed by atoms with Crippen LogP contribution >= 0.6 is 11.6 Å². The highest BCUT2D eigenvalue weighted by atomic mass is 35.5. The van der Waals surface area contributed by atoms with Crippen molar-refractivity contribution in [1.29, 1.82) is 0 Å². The Labute approximate surface area is 102 Å². The molecule has 0 spiro atoms. The average Bonchev–Trinajstić information content (AvgIpc) is 2.25. The van der Waals surface area contributed by atoms with Crippen molar-refractivity contribution in [3.63, 3.8) is 0 Å². The number of aromatic hydroxyl groups is 1. The Morgan fingerprint density at radius 2 is 2.06 bits per heavy atom. The highest BCUT2D eigenvalue weighted by molar-refractivity contribution is 6.31. The third-order valence-corrected chi connectivity index (χ3v) is 3.61. The lowest BCUT2D eigenvalue weighted by Crippen LogP contribution is -2.28. The zero-order chi connectivity index (χ0) is 11.5. The second kappa shape index (κ2) is 5.07. The van der Waals surface area contributed by atoms with Gasteiger partial charge in [0.1, 0.15) is 5.75 Å². The van der Waals surface area contributed by atoms with Gasteiger partial charge in [-0.25, -0.2) is 0 Å². The lowest BCUT2D eigenvalue weighted by Gasteiger charge is -2.23. The summed E-state index contributed by atoms with van der Waals surface area (Å²) >= 11 is 6.18. The van der Waals surface area contributed by atoms with E-state index >= 15 is 0 Å². The zero-order valence-electron chi connectivity index (χ0n) is 9.59. The van der Waals surface area contributed by atoms with Crippen LogP contribution in [-0.2, 0) is 6.42 Å². The van der Waals surface area contributed by atoms with Gasteiger partial charge in [0, 0.05) is 10.6 Å². The SMILES string of the molecule is Cc1cc(O)c(CC2CCNCC2)c(Cl)c1. The van der Waals surface area contributed by atoms with Crippen LogP contribution in [0.4, 0.5) is 0 Å². The van der Waals surface area contributed by atoms with Crippen LogP contribution < -0.4 is 5.32 Å². The summed E-state index contributed by atoms with van der Waals surface area (Å²) in [5.41, 5.74) is 1.93. The van der Waals surface area contributed by atoms with E-state index in [9.17, 15) is 5.11 Å². The van der Waals surface area contributed by atoms with Crippen LogP contribution in [0.2, 0.25) is 5.02 Å². The van der Waals surface area contributed by atoms with Crippen LogP contribution in [0.5, 0.6) is 5.75 Å². The molecular weight excluding hydrogens is 222 g/mol. The molecule has 0 radical (unpaired) electrons. The molecule has 2 N–H and O–H groups in total. The predicted molar refractivity (Wildman–Crippen MR) is 67.2 cm³/mol. The molecule has 2 nitrogen and oxygen atoms in total. The molecule has 88 valence electrons. The molecule has 3 heteroatoms. The third kappa shape index (κ3) is 2.69. The topological polar surface area (TPSA) is 32.3 Å². The molecule has 0 aromatic heterocycles. The first-order chi connectivity index (χ1) is 7.66. The molecule has 0 atom stereocenters. The summed E-state index contributed by atoms with van der Waals surface area (Å²) in [5, 5.41) is 14.0. The maximum absolute atomic E-state index is 9.90. The Kier molecular flexibility index (Phi) is 3.72. The van der Waals surface area contributed by atoms with Gasteiger partial charge in [-0.15, -0.1) is 0 Å². The Balaban J connectivity index is 2.14. The van der Waals surface area contributed by atoms with E-state index in [0.29, 0.717) is 16.7 Å². The maximum atomic E-state index is 9.90. The molecule has 0 saturated carbocycles. The highest BCUT2D eigenvalue weighted by Gasteiger charge is 2.17. The standard InChI is InChI=1S/C13H18ClNO/c1-9-6-12(14)11(13(16)7-9)8-10-2-4-15-5-3-10/h6-7,10,15-16H,2-5,8H2,1H3. The molecule has 1 aliphatic heterocycles. The lowest BCUT2D eigenvalue weighted by atomic mass is 9.90. The summed E-state index contributed by atoms with van der Waals surface area (Å²) in [6.45, 7) is 4.10. The van der Waals surface area contributed by atoms with E-state index in [1.807, 2.05) is 13.0 Å². The van der Waals surface area contributed by atoms with Crippen LogP contribution in [0, 0.1) is 12.8 Å². The van der Waals surface area contributed by atoms with E-state index in [4.69, 9.17) is 11.6 Å². The Morgan fingerprint density at radius 3 is 2.69 bits per heavy atom. The Bertz CT molecular complexity index is 349. The molecule has 1 heterocycles. The number of piperidine rings is 1. The molecule has 0 amide bonds. The minimum atomic E-state index is 0.350. The molecule has 16 heavy (non-hydrogen) atoms. The normalized spacial score (nSPS) is 17.6. The van der Waals surface area contributed by atoms with Crippen molar-refractivity contribution in [3.05, 3.63) is 28.3 Å². The monoisotopic (exact) mass is 239 g/mol. The number of hydrogen-bond acceptors (Lipinski definition) is 2. The second-order valence-electron chi connectivity index (χ2n) is 4.64. The van der Waals surface area contributed by atoms with Crippen molar-refractivity contribution in [1.82, 2.24) is 5.32 Å². The van der Waals surface area contributed by atoms with Crippen molar-refractivity contribution in [2.75, 3.05) is 13.1 Å². The van der Waals surface area contributed by atoms with Gasteiger partial charge in [-0.2, -0.15) is 0 Å². The molecule has 1 aromatic rings. The number of halogens is 1. The van der Waals surface area contributed by atoms with Crippen LogP contribution in [-0.4, -0.2) is 18.2 Å². The minimum Gasteiger partial charge on any atom is -0.508 e. The van der Waals surface area contributed by atoms with Crippen LogP contribution in [0.3, 0.4) is 0 Å². The summed E-state index contributed by atoms with van der Waals surface area (Å²) in [7, 11) is 0. The van der Waals surface area contributed by atoms with Crippen molar-refractivity contribution in [2.24, 2.45) is 5.92 Å². The van der Waals surface area contributed by atoms with Gasteiger partial charge in [0.2, 0.25) is 0 Å². The molecule has 1 fully saturated rings. The molecular formula is C13H18ClNO. The molecule has 1 saturated heterocycles. The van der Waals surface area contributed by atoms with Gasteiger partial charge in [-0.3, -0.25) is 0 Å². The van der Waals surface area contributed by atoms with Gasteiger partial charge >= 0.3 is 0 Å². The molecule has 2 rings (SSSR count). The van der Waals surface area contributed by atoms with Gasteiger partial charge < -0.3 is 10.4 Å². The second-order valence-corrected chi connectivity index (χ2v) is 5.05. The van der Waals surface area contributed by atoms with Gasteiger partial charge in [0.15, 0.2) is 0 Å². The van der Waals surface area contributed by atoms with E-state index in [0.717, 1.165) is 30.6 Å². The van der Waals surface area contributed by atoms with Crippen LogP contribution in [0.15, 0.2) is 12.1 Å². The number of benzene rings is 1. The lowest BCUT2D eigenvalue weighted by molar-refractivity contribution is 0.366. The van der Waals surface area contributed by atoms with E-state index in [1.54, 1.807) is 6.07 Å². The van der Waals surface area contributed by atoms with Gasteiger partial charge in [-0.1, -0.05) is 11.6 Å². The quantitative estimate of drug-likeness (QED) is 0.832. The van der Waals surface area contributed by atoms with Gasteiger partial charge in [0.05, 0.1) is 0 Å². The summed E-state index contributed by atoms with van der Waals surface area (Å²) in [5.74, 6) is 0.996. The number of nitrogens with one attached hydrogen (secondary N) is 1. The largest absolute Gasteiger partial charge is 0.508 e. The highest BCUT2D eigenvalue weighted by Crippen LogP contribution is 2.31. The first kappa shape index (κ1) is 11.7. The average molecular weight is 240 g/mol. The molecule has 0 bridgehead atoms. The zero-order valence-corrected chi connectivity index (χ0v) is 10.3. The minimum absolute atomic E-state index is 0.350. The van der Waals surface area contributed by atoms with E-state index in [1.165, 1.54) is 12.8 Å². The van der Waals surface area contributed by atoms with E-state index < -0.39 is 0 Å². The molecule has 1 aliphatic rings. The van der Waals surface area contributed by atoms with Gasteiger partial charge in [0.25, 0.3) is 0 Å². The predicted octanol–water partition coefficient (Wildman–Crippen LogP) is 2.90. The first-order valence-corrected chi connectivity index (χ1v) is 6.23. The summed E-state index contributed by atoms with van der Waals surface area (Å²) < 4.78 is 0. The fourth-order valence-corrected chi connectivity index (χ4v) is 2.68. The number of aryl methyl sites for hydroxylation is 1. The Morgan fingerprint density at radius 1 is 1.38 bits per heavy atom. The Hall–Kier alpha value is -0.730. The van der Waals surface area contributed by atoms with Crippen molar-refractivity contribution in [2.45, 2.75) is 26.2 Å². The van der Waals surface area contributed by atoms with E-state index in [2.05, 4.69) is 5.32 Å². The fraction of sp³-hybridized carbons (Fsp3) is 0.538. The van der Waals surface area contributed by atoms with Crippen LogP contribution in [0.1, 0.15) is 24.0 Å². The summed E-state index contributed by atoms with van der Waals surface area (Å²) in [6, 6.07) is 3.72. The number of hydrogen-bond donors (Lipinski definition) is 2. The fourth-order valence-electron chi connectivity index (χ4n) is 2.33. The third-order valence-electron chi connectivity index (χ3n) is 3.27. The summed E-state index contributed by atoms with van der Waals surface area (Å²) in [6.07, 6.45) is 3.24. The van der Waals surface area contributed by atoms with E-state index in [-0.39, 0.29) is 0 Å². The smallest absolute Gasteiger partial charge is 0.120 e. The molecule has 0 unspecified atom stereocenters. The number of phenols is 1. The molecule has 0 aliphatic carbocycles. The number of rotatable bonds is 2. The summed E-state index contributed by atoms with van der Waals surface area (Å²) in [4.78, 5) is 0. The van der Waals surface area contributed by atoms with Crippen molar-refractivity contribution < 1.29 is 5.11 Å². The van der Waals surface area contributed by atoms with Crippen LogP contribution in [0.25, 0.3) is 0 Å².